The summed E-state index contributed by atoms with van der Waals surface area (Å²) in [6.45, 7) is 1.08. The van der Waals surface area contributed by atoms with E-state index in [1.807, 2.05) is 18.0 Å². The third-order valence-corrected chi connectivity index (χ3v) is 2.54. The van der Waals surface area contributed by atoms with Crippen LogP contribution in [0.25, 0.3) is 0 Å². The van der Waals surface area contributed by atoms with Gasteiger partial charge in [-0.3, -0.25) is 4.79 Å². The summed E-state index contributed by atoms with van der Waals surface area (Å²) in [4.78, 5) is 13.0. The van der Waals surface area contributed by atoms with Crippen molar-refractivity contribution in [1.82, 2.24) is 10.2 Å². The molecule has 0 aromatic heterocycles. The minimum absolute atomic E-state index is 0.0289. The highest BCUT2D eigenvalue weighted by Crippen LogP contribution is 2.10. The minimum Gasteiger partial charge on any atom is -0.359 e. The van der Waals surface area contributed by atoms with Crippen molar-refractivity contribution in [1.29, 1.82) is 5.26 Å². The number of rotatable bonds is 5. The van der Waals surface area contributed by atoms with Crippen LogP contribution in [-0.4, -0.2) is 31.4 Å². The molecule has 0 radical (unpaired) electrons. The number of amides is 1. The van der Waals surface area contributed by atoms with Gasteiger partial charge < -0.3 is 10.2 Å². The predicted octanol–water partition coefficient (Wildman–Crippen LogP) is 1.27. The van der Waals surface area contributed by atoms with Crippen LogP contribution >= 0.6 is 0 Å². The number of benzene rings is 1. The van der Waals surface area contributed by atoms with Crippen LogP contribution < -0.4 is 5.32 Å². The molecule has 0 heterocycles. The zero-order valence-electron chi connectivity index (χ0n) is 10.5. The molecule has 1 rings (SSSR count). The van der Waals surface area contributed by atoms with Crippen molar-refractivity contribution in [2.24, 2.45) is 0 Å². The first-order chi connectivity index (χ1) is 8.55. The van der Waals surface area contributed by atoms with Crippen molar-refractivity contribution in [3.8, 4) is 6.07 Å². The van der Waals surface area contributed by atoms with Gasteiger partial charge in [0.1, 0.15) is 5.82 Å². The van der Waals surface area contributed by atoms with Crippen molar-refractivity contribution < 1.29 is 9.18 Å². The highest BCUT2D eigenvalue weighted by molar-refractivity contribution is 5.75. The van der Waals surface area contributed by atoms with Crippen LogP contribution in [0.4, 0.5) is 4.39 Å². The fourth-order valence-electron chi connectivity index (χ4n) is 1.61. The van der Waals surface area contributed by atoms with Crippen molar-refractivity contribution in [2.45, 2.75) is 13.0 Å². The maximum Gasteiger partial charge on any atom is 0.221 e. The highest BCUT2D eigenvalue weighted by Gasteiger charge is 2.06. The zero-order chi connectivity index (χ0) is 13.5. The molecule has 0 unspecified atom stereocenters. The third kappa shape index (κ3) is 4.52. The molecule has 0 fully saturated rings. The number of nitrogens with zero attached hydrogens (tertiary/aromatic N) is 2. The van der Waals surface area contributed by atoms with E-state index in [1.165, 1.54) is 12.1 Å². The Kier molecular flexibility index (Phi) is 5.28. The average Bonchev–Trinajstić information content (AvgIpc) is 2.35. The van der Waals surface area contributed by atoms with Crippen molar-refractivity contribution in [3.05, 3.63) is 35.1 Å². The van der Waals surface area contributed by atoms with Crippen molar-refractivity contribution in [2.75, 3.05) is 20.6 Å². The van der Waals surface area contributed by atoms with Gasteiger partial charge in [-0.15, -0.1) is 0 Å². The van der Waals surface area contributed by atoms with E-state index in [-0.39, 0.29) is 5.91 Å². The molecule has 0 saturated heterocycles. The van der Waals surface area contributed by atoms with E-state index in [0.29, 0.717) is 25.1 Å². The largest absolute Gasteiger partial charge is 0.359 e. The molecule has 0 bridgehead atoms. The summed E-state index contributed by atoms with van der Waals surface area (Å²) in [5, 5.41) is 11.3. The Morgan fingerprint density at radius 2 is 2.22 bits per heavy atom. The van der Waals surface area contributed by atoms with E-state index in [0.717, 1.165) is 5.56 Å². The Morgan fingerprint density at radius 3 is 2.83 bits per heavy atom. The minimum atomic E-state index is -0.413. The second-order valence-corrected chi connectivity index (χ2v) is 4.12. The summed E-state index contributed by atoms with van der Waals surface area (Å²) in [5.74, 6) is -0.442. The molecule has 5 heteroatoms. The lowest BCUT2D eigenvalue weighted by molar-refractivity contribution is -0.120. The van der Waals surface area contributed by atoms with Gasteiger partial charge in [0.15, 0.2) is 0 Å². The van der Waals surface area contributed by atoms with Gasteiger partial charge >= 0.3 is 0 Å². The summed E-state index contributed by atoms with van der Waals surface area (Å²) in [6.07, 6.45) is 0.396. The molecule has 96 valence electrons. The number of nitrogens with one attached hydrogen (secondary N) is 1. The van der Waals surface area contributed by atoms with Crippen LogP contribution in [0.1, 0.15) is 17.5 Å². The summed E-state index contributed by atoms with van der Waals surface area (Å²) in [7, 11) is 3.44. The lowest BCUT2D eigenvalue weighted by Crippen LogP contribution is -2.26. The van der Waals surface area contributed by atoms with Crippen LogP contribution in [0.3, 0.4) is 0 Å². The van der Waals surface area contributed by atoms with E-state index in [4.69, 9.17) is 5.26 Å². The summed E-state index contributed by atoms with van der Waals surface area (Å²) < 4.78 is 13.2. The molecule has 4 nitrogen and oxygen atoms in total. The van der Waals surface area contributed by atoms with Gasteiger partial charge in [0.05, 0.1) is 11.6 Å². The third-order valence-electron chi connectivity index (χ3n) is 2.54. The molecule has 1 aromatic carbocycles. The van der Waals surface area contributed by atoms with E-state index in [2.05, 4.69) is 5.32 Å². The second kappa shape index (κ2) is 6.72. The van der Waals surface area contributed by atoms with Crippen molar-refractivity contribution >= 4 is 5.91 Å². The summed E-state index contributed by atoms with van der Waals surface area (Å²) >= 11 is 0. The summed E-state index contributed by atoms with van der Waals surface area (Å²) in [6, 6.07) is 6.17. The molecule has 1 aromatic rings. The Bertz CT molecular complexity index is 468. The number of halogens is 1. The van der Waals surface area contributed by atoms with Crippen LogP contribution in [0.15, 0.2) is 18.2 Å². The molecule has 1 amide bonds. The summed E-state index contributed by atoms with van der Waals surface area (Å²) in [5.41, 5.74) is 1.04. The van der Waals surface area contributed by atoms with Gasteiger partial charge in [-0.25, -0.2) is 4.39 Å². The Hall–Kier alpha value is -1.93. The standard InChI is InChI=1S/C13H16FN3O/c1-16-13(18)3-4-17(2)9-11-5-10(8-15)6-12(14)7-11/h5-7H,3-4,9H2,1-2H3,(H,16,18). The van der Waals surface area contributed by atoms with E-state index < -0.39 is 5.82 Å². The van der Waals surface area contributed by atoms with Gasteiger partial charge in [-0.2, -0.15) is 5.26 Å². The topological polar surface area (TPSA) is 56.1 Å². The Balaban J connectivity index is 2.59. The van der Waals surface area contributed by atoms with E-state index in [9.17, 15) is 9.18 Å². The number of carbonyl (C=O) groups is 1. The predicted molar refractivity (Wildman–Crippen MR) is 66.1 cm³/mol. The average molecular weight is 249 g/mol. The molecular weight excluding hydrogens is 233 g/mol. The van der Waals surface area contributed by atoms with E-state index in [1.54, 1.807) is 13.1 Å². The molecule has 0 aliphatic rings. The van der Waals surface area contributed by atoms with Crippen LogP contribution in [0.2, 0.25) is 0 Å². The number of nitriles is 1. The van der Waals surface area contributed by atoms with Gasteiger partial charge in [0, 0.05) is 26.6 Å². The molecule has 0 atom stereocenters. The first-order valence-electron chi connectivity index (χ1n) is 5.64. The van der Waals surface area contributed by atoms with Gasteiger partial charge in [0.2, 0.25) is 5.91 Å². The SMILES string of the molecule is CNC(=O)CCN(C)Cc1cc(F)cc(C#N)c1. The Morgan fingerprint density at radius 1 is 1.50 bits per heavy atom. The van der Waals surface area contributed by atoms with Crippen LogP contribution in [-0.2, 0) is 11.3 Å². The molecule has 18 heavy (non-hydrogen) atoms. The van der Waals surface area contributed by atoms with Crippen LogP contribution in [0, 0.1) is 17.1 Å². The number of hydrogen-bond acceptors (Lipinski definition) is 3. The molecule has 1 N–H and O–H groups in total. The molecule has 0 spiro atoms. The van der Waals surface area contributed by atoms with Gasteiger partial charge in [-0.05, 0) is 30.8 Å². The molecule has 0 aliphatic heterocycles. The lowest BCUT2D eigenvalue weighted by Gasteiger charge is -2.16. The number of hydrogen-bond donors (Lipinski definition) is 1. The van der Waals surface area contributed by atoms with Gasteiger partial charge in [-0.1, -0.05) is 0 Å². The quantitative estimate of drug-likeness (QED) is 0.854. The highest BCUT2D eigenvalue weighted by atomic mass is 19.1. The lowest BCUT2D eigenvalue weighted by atomic mass is 10.1. The molecule has 0 aliphatic carbocycles. The van der Waals surface area contributed by atoms with Crippen LogP contribution in [0.5, 0.6) is 0 Å². The molecule has 0 saturated carbocycles. The zero-order valence-corrected chi connectivity index (χ0v) is 10.5. The fraction of sp³-hybridized carbons (Fsp3) is 0.385. The Labute approximate surface area is 106 Å². The first-order valence-corrected chi connectivity index (χ1v) is 5.64. The monoisotopic (exact) mass is 249 g/mol. The second-order valence-electron chi connectivity index (χ2n) is 4.12. The van der Waals surface area contributed by atoms with E-state index >= 15 is 0 Å². The maximum atomic E-state index is 13.2. The number of carbonyl (C=O) groups excluding carboxylic acids is 1. The maximum absolute atomic E-state index is 13.2. The van der Waals surface area contributed by atoms with Gasteiger partial charge in [0.25, 0.3) is 0 Å². The first kappa shape index (κ1) is 14.1. The van der Waals surface area contributed by atoms with Crippen molar-refractivity contribution in [3.63, 3.8) is 0 Å². The normalized spacial score (nSPS) is 10.2. The fourth-order valence-corrected chi connectivity index (χ4v) is 1.61. The molecular formula is C13H16FN3O. The smallest absolute Gasteiger partial charge is 0.221 e.